The molecule has 4 aromatic rings. The lowest BCUT2D eigenvalue weighted by molar-refractivity contribution is -0.115. The van der Waals surface area contributed by atoms with Gasteiger partial charge in [-0.2, -0.15) is 0 Å². The molecule has 0 fully saturated rings. The van der Waals surface area contributed by atoms with E-state index < -0.39 is 0 Å². The van der Waals surface area contributed by atoms with Crippen LogP contribution in [0.15, 0.2) is 54.0 Å². The molecule has 30 heavy (non-hydrogen) atoms. The normalized spacial score (nSPS) is 10.5. The fourth-order valence-corrected chi connectivity index (χ4v) is 4.07. The number of ether oxygens (including phenoxy) is 2. The second kappa shape index (κ2) is 9.38. The Bertz CT molecular complexity index is 1190. The Labute approximate surface area is 188 Å². The van der Waals surface area contributed by atoms with Gasteiger partial charge in [0.05, 0.1) is 37.0 Å². The molecule has 9 heteroatoms. The van der Waals surface area contributed by atoms with Crippen molar-refractivity contribution in [3.8, 4) is 22.8 Å². The molecule has 0 saturated carbocycles. The molecular formula is C21H19Cl2N3O3S. The largest absolute Gasteiger partial charge is 0.493 e. The zero-order chi connectivity index (χ0) is 20.4. The van der Waals surface area contributed by atoms with Crippen LogP contribution in [0.1, 0.15) is 5.69 Å². The number of thiazole rings is 1. The molecule has 6 nitrogen and oxygen atoms in total. The van der Waals surface area contributed by atoms with Crippen LogP contribution in [0.5, 0.6) is 11.5 Å². The van der Waals surface area contributed by atoms with Gasteiger partial charge in [0.15, 0.2) is 16.5 Å². The summed E-state index contributed by atoms with van der Waals surface area (Å²) < 4.78 is 12.6. The van der Waals surface area contributed by atoms with Crippen molar-refractivity contribution in [2.75, 3.05) is 19.5 Å². The highest BCUT2D eigenvalue weighted by molar-refractivity contribution is 7.15. The van der Waals surface area contributed by atoms with Crippen molar-refractivity contribution in [3.05, 3.63) is 64.8 Å². The minimum Gasteiger partial charge on any atom is -0.493 e. The summed E-state index contributed by atoms with van der Waals surface area (Å²) in [6, 6.07) is 12.8. The van der Waals surface area contributed by atoms with Crippen molar-refractivity contribution in [2.24, 2.45) is 0 Å². The van der Waals surface area contributed by atoms with Crippen LogP contribution >= 0.6 is 35.3 Å². The van der Waals surface area contributed by atoms with Crippen LogP contribution < -0.4 is 14.8 Å². The first kappa shape index (κ1) is 22.0. The van der Waals surface area contributed by atoms with Gasteiger partial charge in [-0.3, -0.25) is 9.20 Å². The fraction of sp³-hybridized carbons (Fsp3) is 0.143. The Balaban J connectivity index is 0.00000256. The summed E-state index contributed by atoms with van der Waals surface area (Å²) in [7, 11) is 3.20. The molecule has 2 aromatic carbocycles. The number of para-hydroxylation sites is 1. The summed E-state index contributed by atoms with van der Waals surface area (Å²) in [6.07, 6.45) is 2.14. The monoisotopic (exact) mass is 463 g/mol. The molecule has 156 valence electrons. The Hall–Kier alpha value is -2.74. The quantitative estimate of drug-likeness (QED) is 0.419. The fourth-order valence-electron chi connectivity index (χ4n) is 3.01. The third kappa shape index (κ3) is 4.38. The number of amides is 1. The number of benzene rings is 2. The molecule has 0 bridgehead atoms. The summed E-state index contributed by atoms with van der Waals surface area (Å²) in [5.74, 6) is 1.16. The summed E-state index contributed by atoms with van der Waals surface area (Å²) in [6.45, 7) is 0. The van der Waals surface area contributed by atoms with E-state index in [9.17, 15) is 4.79 Å². The second-order valence-corrected chi connectivity index (χ2v) is 7.52. The zero-order valence-electron chi connectivity index (χ0n) is 16.2. The summed E-state index contributed by atoms with van der Waals surface area (Å²) in [4.78, 5) is 18.0. The molecule has 0 spiro atoms. The first-order chi connectivity index (χ1) is 14.1. The van der Waals surface area contributed by atoms with E-state index in [2.05, 4.69) is 10.3 Å². The van der Waals surface area contributed by atoms with Crippen LogP contribution in [0.3, 0.4) is 0 Å². The van der Waals surface area contributed by atoms with Crippen molar-refractivity contribution in [3.63, 3.8) is 0 Å². The predicted octanol–water partition coefficient (Wildman–Crippen LogP) is 5.34. The average molecular weight is 464 g/mol. The van der Waals surface area contributed by atoms with Crippen LogP contribution in [0.2, 0.25) is 5.02 Å². The molecule has 0 aliphatic carbocycles. The first-order valence-electron chi connectivity index (χ1n) is 8.81. The van der Waals surface area contributed by atoms with Gasteiger partial charge >= 0.3 is 0 Å². The summed E-state index contributed by atoms with van der Waals surface area (Å²) >= 11 is 7.60. The maximum Gasteiger partial charge on any atom is 0.230 e. The van der Waals surface area contributed by atoms with Crippen molar-refractivity contribution >= 4 is 51.9 Å². The smallest absolute Gasteiger partial charge is 0.230 e. The first-order valence-corrected chi connectivity index (χ1v) is 10.1. The minimum absolute atomic E-state index is 0. The van der Waals surface area contributed by atoms with E-state index in [1.54, 1.807) is 26.4 Å². The molecule has 0 unspecified atom stereocenters. The number of imidazole rings is 1. The van der Waals surface area contributed by atoms with E-state index in [1.165, 1.54) is 11.3 Å². The number of hydrogen-bond acceptors (Lipinski definition) is 5. The zero-order valence-corrected chi connectivity index (χ0v) is 18.6. The number of nitrogens with zero attached hydrogens (tertiary/aromatic N) is 2. The van der Waals surface area contributed by atoms with Gasteiger partial charge in [0, 0.05) is 22.8 Å². The number of aromatic nitrogens is 2. The van der Waals surface area contributed by atoms with Crippen LogP contribution in [0, 0.1) is 0 Å². The molecule has 4 rings (SSSR count). The lowest BCUT2D eigenvalue weighted by atomic mass is 10.1. The number of fused-ring (bicyclic) bond motifs is 1. The van der Waals surface area contributed by atoms with E-state index in [0.717, 1.165) is 21.9 Å². The third-order valence-electron chi connectivity index (χ3n) is 4.45. The molecule has 1 amide bonds. The van der Waals surface area contributed by atoms with Gasteiger partial charge in [-0.05, 0) is 30.3 Å². The number of nitrogens with one attached hydrogen (secondary N) is 1. The second-order valence-electron chi connectivity index (χ2n) is 6.28. The van der Waals surface area contributed by atoms with Crippen LogP contribution in [0.25, 0.3) is 16.2 Å². The molecule has 2 heterocycles. The average Bonchev–Trinajstić information content (AvgIpc) is 3.31. The standard InChI is InChI=1S/C21H18ClN3O3S.ClH/c1-27-18-8-7-13(9-19(18)28-2)17-11-25-14(12-29-21(25)24-17)10-20(26)23-16-6-4-3-5-15(16)22;/h3-9,11-12H,10H2,1-2H3,(H,23,26);1H. The van der Waals surface area contributed by atoms with Gasteiger partial charge in [-0.15, -0.1) is 23.7 Å². The Morgan fingerprint density at radius 1 is 1.17 bits per heavy atom. The molecule has 0 atom stereocenters. The van der Waals surface area contributed by atoms with E-state index >= 15 is 0 Å². The third-order valence-corrected chi connectivity index (χ3v) is 5.67. The van der Waals surface area contributed by atoms with Gasteiger partial charge < -0.3 is 14.8 Å². The Morgan fingerprint density at radius 3 is 2.67 bits per heavy atom. The number of methoxy groups -OCH3 is 2. The molecule has 2 aromatic heterocycles. The Morgan fingerprint density at radius 2 is 1.93 bits per heavy atom. The lowest BCUT2D eigenvalue weighted by Crippen LogP contribution is -2.15. The number of hydrogen-bond donors (Lipinski definition) is 1. The van der Waals surface area contributed by atoms with Gasteiger partial charge in [0.2, 0.25) is 5.91 Å². The number of rotatable bonds is 6. The van der Waals surface area contributed by atoms with E-state index in [0.29, 0.717) is 22.2 Å². The van der Waals surface area contributed by atoms with Crippen LogP contribution in [-0.2, 0) is 11.2 Å². The van der Waals surface area contributed by atoms with Crippen LogP contribution in [-0.4, -0.2) is 29.5 Å². The predicted molar refractivity (Wildman–Crippen MR) is 123 cm³/mol. The number of carbonyl (C=O) groups excluding carboxylic acids is 1. The van der Waals surface area contributed by atoms with E-state index in [4.69, 9.17) is 21.1 Å². The van der Waals surface area contributed by atoms with Crippen LogP contribution in [0.4, 0.5) is 5.69 Å². The molecule has 0 saturated heterocycles. The molecular weight excluding hydrogens is 445 g/mol. The number of halogens is 2. The van der Waals surface area contributed by atoms with E-state index in [1.807, 2.05) is 46.3 Å². The minimum atomic E-state index is -0.140. The van der Waals surface area contributed by atoms with Gasteiger partial charge in [-0.1, -0.05) is 23.7 Å². The highest BCUT2D eigenvalue weighted by atomic mass is 35.5. The van der Waals surface area contributed by atoms with Gasteiger partial charge in [0.25, 0.3) is 0 Å². The lowest BCUT2D eigenvalue weighted by Gasteiger charge is -2.08. The Kier molecular flexibility index (Phi) is 6.87. The maximum absolute atomic E-state index is 12.5. The highest BCUT2D eigenvalue weighted by Crippen LogP contribution is 2.33. The molecule has 0 aliphatic heterocycles. The van der Waals surface area contributed by atoms with E-state index in [-0.39, 0.29) is 24.7 Å². The summed E-state index contributed by atoms with van der Waals surface area (Å²) in [5.41, 5.74) is 3.16. The van der Waals surface area contributed by atoms with Crippen molar-refractivity contribution in [1.82, 2.24) is 9.38 Å². The summed E-state index contributed by atoms with van der Waals surface area (Å²) in [5, 5.41) is 5.30. The van der Waals surface area contributed by atoms with Crippen molar-refractivity contribution in [1.29, 1.82) is 0 Å². The molecule has 0 aliphatic rings. The number of carbonyl (C=O) groups is 1. The topological polar surface area (TPSA) is 64.9 Å². The van der Waals surface area contributed by atoms with Gasteiger partial charge in [-0.25, -0.2) is 4.98 Å². The highest BCUT2D eigenvalue weighted by Gasteiger charge is 2.15. The number of anilines is 1. The molecule has 1 N–H and O–H groups in total. The maximum atomic E-state index is 12.5. The van der Waals surface area contributed by atoms with Gasteiger partial charge in [0.1, 0.15) is 0 Å². The van der Waals surface area contributed by atoms with Crippen molar-refractivity contribution in [2.45, 2.75) is 6.42 Å². The SMILES string of the molecule is COc1ccc(-c2cn3c(CC(=O)Nc4ccccc4Cl)csc3n2)cc1OC.Cl. The molecule has 0 radical (unpaired) electrons. The van der Waals surface area contributed by atoms with Crippen molar-refractivity contribution < 1.29 is 14.3 Å².